The number of hydrogen-bond acceptors (Lipinski definition) is 4. The minimum Gasteiger partial charge on any atom is -0.462 e. The highest BCUT2D eigenvalue weighted by Crippen LogP contribution is 2.40. The molecule has 144 valence electrons. The third-order valence-corrected chi connectivity index (χ3v) is 6.83. The molecule has 5 heteroatoms. The summed E-state index contributed by atoms with van der Waals surface area (Å²) in [6.07, 6.45) is 10.4. The summed E-state index contributed by atoms with van der Waals surface area (Å²) in [5, 5.41) is 3.75. The first-order valence-corrected chi connectivity index (χ1v) is 11.0. The quantitative estimate of drug-likeness (QED) is 0.652. The van der Waals surface area contributed by atoms with Crippen molar-refractivity contribution >= 4 is 28.2 Å². The third-order valence-electron chi connectivity index (χ3n) is 5.66. The van der Waals surface area contributed by atoms with Crippen molar-refractivity contribution in [2.45, 2.75) is 78.1 Å². The fourth-order valence-corrected chi connectivity index (χ4v) is 5.56. The molecule has 2 aliphatic carbocycles. The Bertz CT molecular complexity index is 646. The summed E-state index contributed by atoms with van der Waals surface area (Å²) in [5.41, 5.74) is 1.74. The SMILES string of the molecule is CCCOC(=O)c1c(NC(=O)CCC2CCCC2)sc2c1CCC(C)C2. The first kappa shape index (κ1) is 19.4. The number of thiophene rings is 1. The van der Waals surface area contributed by atoms with Crippen LogP contribution in [0.3, 0.4) is 0 Å². The monoisotopic (exact) mass is 377 g/mol. The summed E-state index contributed by atoms with van der Waals surface area (Å²) < 4.78 is 5.41. The van der Waals surface area contributed by atoms with Crippen molar-refractivity contribution in [3.63, 3.8) is 0 Å². The number of rotatable bonds is 7. The molecule has 1 fully saturated rings. The van der Waals surface area contributed by atoms with Gasteiger partial charge in [-0.2, -0.15) is 0 Å². The van der Waals surface area contributed by atoms with Gasteiger partial charge in [0.1, 0.15) is 5.00 Å². The number of nitrogens with one attached hydrogen (secondary N) is 1. The molecule has 1 aromatic rings. The molecule has 1 amide bonds. The van der Waals surface area contributed by atoms with Crippen LogP contribution < -0.4 is 5.32 Å². The predicted molar refractivity (Wildman–Crippen MR) is 106 cm³/mol. The number of fused-ring (bicyclic) bond motifs is 1. The van der Waals surface area contributed by atoms with Crippen molar-refractivity contribution < 1.29 is 14.3 Å². The maximum absolute atomic E-state index is 12.6. The highest BCUT2D eigenvalue weighted by molar-refractivity contribution is 7.17. The average Bonchev–Trinajstić information content (AvgIpc) is 3.24. The van der Waals surface area contributed by atoms with Crippen molar-refractivity contribution in [2.75, 3.05) is 11.9 Å². The highest BCUT2D eigenvalue weighted by atomic mass is 32.1. The Hall–Kier alpha value is -1.36. The van der Waals surface area contributed by atoms with Crippen LogP contribution in [0.2, 0.25) is 0 Å². The lowest BCUT2D eigenvalue weighted by Gasteiger charge is -2.18. The number of amides is 1. The maximum atomic E-state index is 12.6. The van der Waals surface area contributed by atoms with Gasteiger partial charge in [0.05, 0.1) is 12.2 Å². The standard InChI is InChI=1S/C21H31NO3S/c1-3-12-25-21(24)19-16-10-8-14(2)13-17(16)26-20(19)22-18(23)11-9-15-6-4-5-7-15/h14-15H,3-13H2,1-2H3,(H,22,23). The summed E-state index contributed by atoms with van der Waals surface area (Å²) in [7, 11) is 0. The van der Waals surface area contributed by atoms with Crippen LogP contribution in [0.15, 0.2) is 0 Å². The Balaban J connectivity index is 1.71. The van der Waals surface area contributed by atoms with E-state index in [9.17, 15) is 9.59 Å². The van der Waals surface area contributed by atoms with E-state index in [-0.39, 0.29) is 11.9 Å². The lowest BCUT2D eigenvalue weighted by molar-refractivity contribution is -0.116. The van der Waals surface area contributed by atoms with Gasteiger partial charge >= 0.3 is 5.97 Å². The van der Waals surface area contributed by atoms with E-state index in [2.05, 4.69) is 12.2 Å². The fraction of sp³-hybridized carbons (Fsp3) is 0.714. The van der Waals surface area contributed by atoms with Crippen LogP contribution in [0.4, 0.5) is 5.00 Å². The van der Waals surface area contributed by atoms with E-state index < -0.39 is 0 Å². The molecular weight excluding hydrogens is 346 g/mol. The zero-order valence-corrected chi connectivity index (χ0v) is 16.9. The molecule has 4 nitrogen and oxygen atoms in total. The van der Waals surface area contributed by atoms with Crippen LogP contribution in [-0.2, 0) is 22.4 Å². The molecule has 0 spiro atoms. The van der Waals surface area contributed by atoms with Crippen molar-refractivity contribution in [2.24, 2.45) is 11.8 Å². The summed E-state index contributed by atoms with van der Waals surface area (Å²) in [5.74, 6) is 1.09. The number of ether oxygens (including phenoxy) is 1. The molecule has 1 N–H and O–H groups in total. The topological polar surface area (TPSA) is 55.4 Å². The van der Waals surface area contributed by atoms with Crippen molar-refractivity contribution in [3.8, 4) is 0 Å². The van der Waals surface area contributed by atoms with Gasteiger partial charge in [-0.15, -0.1) is 11.3 Å². The molecule has 1 atom stereocenters. The summed E-state index contributed by atoms with van der Waals surface area (Å²) in [6, 6.07) is 0. The van der Waals surface area contributed by atoms with Gasteiger partial charge in [0.2, 0.25) is 5.91 Å². The molecule has 1 saturated carbocycles. The zero-order valence-electron chi connectivity index (χ0n) is 16.1. The molecule has 0 bridgehead atoms. The van der Waals surface area contributed by atoms with Gasteiger partial charge in [-0.1, -0.05) is 39.5 Å². The molecule has 0 saturated heterocycles. The maximum Gasteiger partial charge on any atom is 0.341 e. The molecule has 1 unspecified atom stereocenters. The van der Waals surface area contributed by atoms with E-state index in [1.54, 1.807) is 11.3 Å². The fourth-order valence-electron chi connectivity index (χ4n) is 4.15. The Morgan fingerprint density at radius 1 is 1.23 bits per heavy atom. The Kier molecular flexibility index (Phi) is 6.74. The van der Waals surface area contributed by atoms with Crippen molar-refractivity contribution in [3.05, 3.63) is 16.0 Å². The summed E-state index contributed by atoms with van der Waals surface area (Å²) in [6.45, 7) is 4.66. The molecule has 0 radical (unpaired) electrons. The molecule has 0 aromatic carbocycles. The molecule has 26 heavy (non-hydrogen) atoms. The van der Waals surface area contributed by atoms with E-state index in [0.717, 1.165) is 37.7 Å². The number of carbonyl (C=O) groups excluding carboxylic acids is 2. The summed E-state index contributed by atoms with van der Waals surface area (Å²) >= 11 is 1.58. The molecule has 1 heterocycles. The number of anilines is 1. The van der Waals surface area contributed by atoms with Gasteiger partial charge < -0.3 is 10.1 Å². The van der Waals surface area contributed by atoms with Crippen molar-refractivity contribution in [1.29, 1.82) is 0 Å². The number of hydrogen-bond donors (Lipinski definition) is 1. The largest absolute Gasteiger partial charge is 0.462 e. The minimum atomic E-state index is -0.273. The van der Waals surface area contributed by atoms with Crippen LogP contribution in [0.1, 0.15) is 86.0 Å². The van der Waals surface area contributed by atoms with E-state index in [0.29, 0.717) is 35.4 Å². The molecular formula is C21H31NO3S. The van der Waals surface area contributed by atoms with Gasteiger partial charge in [-0.05, 0) is 49.5 Å². The molecule has 2 aliphatic rings. The first-order chi connectivity index (χ1) is 12.6. The smallest absolute Gasteiger partial charge is 0.341 e. The van der Waals surface area contributed by atoms with Gasteiger partial charge in [0, 0.05) is 11.3 Å². The van der Waals surface area contributed by atoms with E-state index in [4.69, 9.17) is 4.74 Å². The van der Waals surface area contributed by atoms with Gasteiger partial charge in [0.25, 0.3) is 0 Å². The van der Waals surface area contributed by atoms with Gasteiger partial charge in [-0.25, -0.2) is 4.79 Å². The average molecular weight is 378 g/mol. The Labute approximate surface area is 160 Å². The lowest BCUT2D eigenvalue weighted by atomic mass is 9.88. The van der Waals surface area contributed by atoms with Gasteiger partial charge in [0.15, 0.2) is 0 Å². The second-order valence-electron chi connectivity index (χ2n) is 7.93. The molecule has 1 aromatic heterocycles. The van der Waals surface area contributed by atoms with E-state index in [1.807, 2.05) is 6.92 Å². The van der Waals surface area contributed by atoms with E-state index >= 15 is 0 Å². The second kappa shape index (κ2) is 9.03. The second-order valence-corrected chi connectivity index (χ2v) is 9.03. The van der Waals surface area contributed by atoms with Crippen LogP contribution in [0.25, 0.3) is 0 Å². The zero-order chi connectivity index (χ0) is 18.5. The van der Waals surface area contributed by atoms with Crippen LogP contribution in [0.5, 0.6) is 0 Å². The number of carbonyl (C=O) groups is 2. The number of esters is 1. The Morgan fingerprint density at radius 3 is 2.73 bits per heavy atom. The Morgan fingerprint density at radius 2 is 2.00 bits per heavy atom. The van der Waals surface area contributed by atoms with E-state index in [1.165, 1.54) is 30.6 Å². The predicted octanol–water partition coefficient (Wildman–Crippen LogP) is 5.35. The first-order valence-electron chi connectivity index (χ1n) is 10.2. The highest BCUT2D eigenvalue weighted by Gasteiger charge is 2.29. The third kappa shape index (κ3) is 4.67. The van der Waals surface area contributed by atoms with Crippen LogP contribution in [-0.4, -0.2) is 18.5 Å². The summed E-state index contributed by atoms with van der Waals surface area (Å²) in [4.78, 5) is 26.3. The normalized spacial score (nSPS) is 20.0. The van der Waals surface area contributed by atoms with Crippen LogP contribution >= 0.6 is 11.3 Å². The van der Waals surface area contributed by atoms with Crippen molar-refractivity contribution in [1.82, 2.24) is 0 Å². The lowest BCUT2D eigenvalue weighted by Crippen LogP contribution is -2.17. The van der Waals surface area contributed by atoms with Crippen LogP contribution in [0, 0.1) is 11.8 Å². The minimum absolute atomic E-state index is 0.0353. The molecule has 3 rings (SSSR count). The van der Waals surface area contributed by atoms with Gasteiger partial charge in [-0.3, -0.25) is 4.79 Å². The molecule has 0 aliphatic heterocycles.